The number of nitrogens with zero attached hydrogens (tertiary/aromatic N) is 4. The van der Waals surface area contributed by atoms with E-state index in [1.165, 1.54) is 11.8 Å². The van der Waals surface area contributed by atoms with E-state index < -0.39 is 12.2 Å². The number of hydrogen-bond acceptors (Lipinski definition) is 4. The molecule has 1 aliphatic rings. The summed E-state index contributed by atoms with van der Waals surface area (Å²) >= 11 is 0. The Hall–Kier alpha value is -1.27. The van der Waals surface area contributed by atoms with Crippen LogP contribution in [0.2, 0.25) is 0 Å². The van der Waals surface area contributed by atoms with Crippen LogP contribution < -0.4 is 10.1 Å². The molecule has 1 aromatic carbocycles. The van der Waals surface area contributed by atoms with Crippen molar-refractivity contribution in [1.82, 2.24) is 20.0 Å². The van der Waals surface area contributed by atoms with E-state index in [0.29, 0.717) is 45.9 Å². The fourth-order valence-corrected chi connectivity index (χ4v) is 3.20. The predicted molar refractivity (Wildman–Crippen MR) is 129 cm³/mol. The van der Waals surface area contributed by atoms with Crippen molar-refractivity contribution in [3.63, 3.8) is 0 Å². The Labute approximate surface area is 200 Å². The molecule has 0 aromatic heterocycles. The minimum atomic E-state index is -4.19. The monoisotopic (exact) mass is 557 g/mol. The van der Waals surface area contributed by atoms with Crippen LogP contribution in [0.5, 0.6) is 5.75 Å². The van der Waals surface area contributed by atoms with Crippen molar-refractivity contribution in [3.8, 4) is 5.75 Å². The van der Waals surface area contributed by atoms with E-state index >= 15 is 0 Å². The number of likely N-dealkylation sites (N-methyl/N-ethyl adjacent to an activating group) is 1. The van der Waals surface area contributed by atoms with Gasteiger partial charge in [-0.25, -0.2) is 4.99 Å². The molecule has 1 saturated heterocycles. The lowest BCUT2D eigenvalue weighted by Crippen LogP contribution is -2.56. The van der Waals surface area contributed by atoms with Crippen molar-refractivity contribution in [2.24, 2.45) is 4.99 Å². The van der Waals surface area contributed by atoms with Crippen LogP contribution in [0.4, 0.5) is 13.2 Å². The van der Waals surface area contributed by atoms with E-state index in [1.807, 2.05) is 50.2 Å². The van der Waals surface area contributed by atoms with E-state index in [0.717, 1.165) is 23.8 Å². The molecule has 1 atom stereocenters. The summed E-state index contributed by atoms with van der Waals surface area (Å²) in [4.78, 5) is 10.3. The number of aliphatic imine (C=N–C) groups is 1. The molecule has 0 amide bonds. The summed E-state index contributed by atoms with van der Waals surface area (Å²) in [6.07, 6.45) is -4.19. The number of ether oxygens (including phenoxy) is 1. The van der Waals surface area contributed by atoms with Crippen LogP contribution in [0.25, 0.3) is 0 Å². The molecule has 6 nitrogen and oxygen atoms in total. The SMILES string of the molecule is CCNC(=NCc1cccc(OCCN(C)C)c1)N1CCN(C(C)C(F)(F)F)CC1.I. The highest BCUT2D eigenvalue weighted by molar-refractivity contribution is 14.0. The molecular weight excluding hydrogens is 522 g/mol. The molecule has 10 heteroatoms. The topological polar surface area (TPSA) is 43.3 Å². The number of piperazine rings is 1. The zero-order chi connectivity index (χ0) is 22.1. The number of halogens is 4. The Morgan fingerprint density at radius 1 is 1.23 bits per heavy atom. The first-order valence-electron chi connectivity index (χ1n) is 10.4. The number of alkyl halides is 3. The lowest BCUT2D eigenvalue weighted by molar-refractivity contribution is -0.181. The summed E-state index contributed by atoms with van der Waals surface area (Å²) < 4.78 is 44.7. The zero-order valence-corrected chi connectivity index (χ0v) is 21.1. The Morgan fingerprint density at radius 2 is 1.90 bits per heavy atom. The highest BCUT2D eigenvalue weighted by atomic mass is 127. The maximum atomic E-state index is 13.0. The van der Waals surface area contributed by atoms with Crippen LogP contribution in [0.1, 0.15) is 19.4 Å². The molecule has 1 aliphatic heterocycles. The summed E-state index contributed by atoms with van der Waals surface area (Å²) in [5, 5.41) is 3.26. The normalized spacial score (nSPS) is 16.8. The van der Waals surface area contributed by atoms with E-state index in [1.54, 1.807) is 0 Å². The standard InChI is InChI=1S/C21H34F3N5O.HI/c1-5-25-20(29-11-9-28(10-12-29)17(2)21(22,23)24)26-16-18-7-6-8-19(15-18)30-14-13-27(3)4;/h6-8,15,17H,5,9-14,16H2,1-4H3,(H,25,26);1H. The maximum absolute atomic E-state index is 13.0. The Bertz CT molecular complexity index is 679. The third kappa shape index (κ3) is 9.40. The van der Waals surface area contributed by atoms with Gasteiger partial charge in [-0.05, 0) is 45.6 Å². The van der Waals surface area contributed by atoms with Crippen LogP contribution in [-0.4, -0.2) is 92.8 Å². The molecule has 1 N–H and O–H groups in total. The molecule has 1 heterocycles. The molecule has 31 heavy (non-hydrogen) atoms. The lowest BCUT2D eigenvalue weighted by atomic mass is 10.2. The predicted octanol–water partition coefficient (Wildman–Crippen LogP) is 3.28. The van der Waals surface area contributed by atoms with Crippen LogP contribution >= 0.6 is 24.0 Å². The molecule has 1 fully saturated rings. The Kier molecular flexibility index (Phi) is 11.9. The summed E-state index contributed by atoms with van der Waals surface area (Å²) in [6.45, 7) is 7.59. The largest absolute Gasteiger partial charge is 0.492 e. The first-order chi connectivity index (χ1) is 14.2. The van der Waals surface area contributed by atoms with Gasteiger partial charge in [-0.2, -0.15) is 13.2 Å². The third-order valence-electron chi connectivity index (χ3n) is 5.09. The van der Waals surface area contributed by atoms with E-state index in [4.69, 9.17) is 9.73 Å². The second kappa shape index (κ2) is 13.3. The van der Waals surface area contributed by atoms with Gasteiger partial charge in [0.05, 0.1) is 6.54 Å². The third-order valence-corrected chi connectivity index (χ3v) is 5.09. The summed E-state index contributed by atoms with van der Waals surface area (Å²) in [5.74, 6) is 1.54. The van der Waals surface area contributed by atoms with E-state index in [9.17, 15) is 13.2 Å². The van der Waals surface area contributed by atoms with Crippen molar-refractivity contribution >= 4 is 29.9 Å². The second-order valence-corrected chi connectivity index (χ2v) is 7.71. The number of benzene rings is 1. The van der Waals surface area contributed by atoms with Crippen LogP contribution in [0.3, 0.4) is 0 Å². The average Bonchev–Trinajstić information content (AvgIpc) is 2.70. The Morgan fingerprint density at radius 3 is 2.48 bits per heavy atom. The van der Waals surface area contributed by atoms with Gasteiger partial charge in [0.1, 0.15) is 18.4 Å². The second-order valence-electron chi connectivity index (χ2n) is 7.71. The summed E-state index contributed by atoms with van der Waals surface area (Å²) in [7, 11) is 4.00. The molecule has 1 unspecified atom stereocenters. The minimum absolute atomic E-state index is 0. The average molecular weight is 557 g/mol. The molecule has 0 spiro atoms. The lowest BCUT2D eigenvalue weighted by Gasteiger charge is -2.39. The number of nitrogens with one attached hydrogen (secondary N) is 1. The summed E-state index contributed by atoms with van der Waals surface area (Å²) in [5.41, 5.74) is 1.03. The highest BCUT2D eigenvalue weighted by Crippen LogP contribution is 2.25. The van der Waals surface area contributed by atoms with Gasteiger partial charge in [0, 0.05) is 39.3 Å². The minimum Gasteiger partial charge on any atom is -0.492 e. The fraction of sp³-hybridized carbons (Fsp3) is 0.667. The molecule has 2 rings (SSSR count). The van der Waals surface area contributed by atoms with Gasteiger partial charge in [0.15, 0.2) is 5.96 Å². The Balaban J connectivity index is 0.00000480. The fourth-order valence-electron chi connectivity index (χ4n) is 3.20. The van der Waals surface area contributed by atoms with Crippen LogP contribution in [0.15, 0.2) is 29.3 Å². The maximum Gasteiger partial charge on any atom is 0.403 e. The first-order valence-corrected chi connectivity index (χ1v) is 10.4. The van der Waals surface area contributed by atoms with E-state index in [-0.39, 0.29) is 24.0 Å². The van der Waals surface area contributed by atoms with Crippen molar-refractivity contribution in [2.75, 3.05) is 60.0 Å². The van der Waals surface area contributed by atoms with Gasteiger partial charge in [0.2, 0.25) is 0 Å². The van der Waals surface area contributed by atoms with Crippen molar-refractivity contribution in [2.45, 2.75) is 32.6 Å². The quantitative estimate of drug-likeness (QED) is 0.302. The van der Waals surface area contributed by atoms with Gasteiger partial charge in [-0.3, -0.25) is 4.90 Å². The van der Waals surface area contributed by atoms with Crippen LogP contribution in [0, 0.1) is 0 Å². The molecular formula is C21H35F3IN5O. The van der Waals surface area contributed by atoms with Gasteiger partial charge in [0.25, 0.3) is 0 Å². The number of hydrogen-bond donors (Lipinski definition) is 1. The first kappa shape index (κ1) is 27.8. The van der Waals surface area contributed by atoms with Gasteiger partial charge < -0.3 is 19.9 Å². The number of rotatable bonds is 8. The molecule has 0 saturated carbocycles. The van der Waals surface area contributed by atoms with Gasteiger partial charge >= 0.3 is 6.18 Å². The van der Waals surface area contributed by atoms with E-state index in [2.05, 4.69) is 10.2 Å². The van der Waals surface area contributed by atoms with Crippen molar-refractivity contribution in [3.05, 3.63) is 29.8 Å². The highest BCUT2D eigenvalue weighted by Gasteiger charge is 2.41. The van der Waals surface area contributed by atoms with Crippen molar-refractivity contribution < 1.29 is 17.9 Å². The van der Waals surface area contributed by atoms with Crippen LogP contribution in [-0.2, 0) is 6.54 Å². The van der Waals surface area contributed by atoms with Gasteiger partial charge in [-0.1, -0.05) is 12.1 Å². The molecule has 0 aliphatic carbocycles. The molecule has 0 radical (unpaired) electrons. The molecule has 178 valence electrons. The summed E-state index contributed by atoms with van der Waals surface area (Å²) in [6, 6.07) is 6.42. The number of guanidine groups is 1. The van der Waals surface area contributed by atoms with Gasteiger partial charge in [-0.15, -0.1) is 24.0 Å². The smallest absolute Gasteiger partial charge is 0.403 e. The molecule has 1 aromatic rings. The van der Waals surface area contributed by atoms with Crippen molar-refractivity contribution in [1.29, 1.82) is 0 Å². The molecule has 0 bridgehead atoms. The zero-order valence-electron chi connectivity index (χ0n) is 18.8.